The zero-order valence-corrected chi connectivity index (χ0v) is 11.9. The highest BCUT2D eigenvalue weighted by molar-refractivity contribution is 8.14. The van der Waals surface area contributed by atoms with Crippen LogP contribution in [0.15, 0.2) is 9.79 Å². The van der Waals surface area contributed by atoms with Crippen LogP contribution in [0.3, 0.4) is 0 Å². The molecule has 0 atom stereocenters. The zero-order valence-electron chi connectivity index (χ0n) is 10.4. The van der Waals surface area contributed by atoms with Gasteiger partial charge in [0.15, 0.2) is 10.9 Å². The van der Waals surface area contributed by atoms with Crippen molar-refractivity contribution in [2.75, 3.05) is 12.3 Å². The van der Waals surface area contributed by atoms with Gasteiger partial charge in [-0.15, -0.1) is 0 Å². The normalized spacial score (nSPS) is 14.4. The van der Waals surface area contributed by atoms with Crippen molar-refractivity contribution in [1.82, 2.24) is 9.88 Å². The highest BCUT2D eigenvalue weighted by Crippen LogP contribution is 2.27. The number of aromatic hydroxyl groups is 1. The molecular weight excluding hydrogens is 290 g/mol. The minimum absolute atomic E-state index is 0.00624. The Morgan fingerprint density at radius 3 is 2.84 bits per heavy atom. The summed E-state index contributed by atoms with van der Waals surface area (Å²) in [4.78, 5) is 28.1. The predicted molar refractivity (Wildman–Crippen MR) is 75.3 cm³/mol. The van der Waals surface area contributed by atoms with Gasteiger partial charge in [-0.2, -0.15) is 0 Å². The third-order valence-corrected chi connectivity index (χ3v) is 4.16. The molecule has 2 heterocycles. The molecule has 2 N–H and O–H groups in total. The molecule has 0 aliphatic carbocycles. The van der Waals surface area contributed by atoms with E-state index in [0.717, 1.165) is 5.75 Å². The Labute approximate surface area is 118 Å². The molecule has 1 aromatic heterocycles. The molecule has 0 saturated carbocycles. The Bertz CT molecular complexity index is 639. The average Bonchev–Trinajstić information content (AvgIpc) is 2.87. The second kappa shape index (κ2) is 5.26. The SMILES string of the molecule is Cc1c(Cl)c(O)c(C(=O)NC2=NCCS2)c(=O)n1C. The first-order valence-corrected chi connectivity index (χ1v) is 6.86. The van der Waals surface area contributed by atoms with E-state index in [2.05, 4.69) is 10.3 Å². The lowest BCUT2D eigenvalue weighted by molar-refractivity contribution is 0.0973. The lowest BCUT2D eigenvalue weighted by atomic mass is 10.2. The third kappa shape index (κ3) is 2.48. The van der Waals surface area contributed by atoms with Crippen LogP contribution >= 0.6 is 23.4 Å². The lowest BCUT2D eigenvalue weighted by Gasteiger charge is -2.12. The summed E-state index contributed by atoms with van der Waals surface area (Å²) in [5.74, 6) is -0.412. The molecule has 0 saturated heterocycles. The third-order valence-electron chi connectivity index (χ3n) is 2.82. The van der Waals surface area contributed by atoms with E-state index in [1.807, 2.05) is 0 Å². The molecule has 1 aliphatic rings. The molecule has 0 fully saturated rings. The van der Waals surface area contributed by atoms with Crippen LogP contribution in [0.4, 0.5) is 0 Å². The summed E-state index contributed by atoms with van der Waals surface area (Å²) >= 11 is 7.28. The van der Waals surface area contributed by atoms with Gasteiger partial charge in [0.25, 0.3) is 11.5 Å². The number of amidine groups is 1. The summed E-state index contributed by atoms with van der Waals surface area (Å²) in [6.45, 7) is 2.21. The first-order chi connectivity index (χ1) is 8.93. The van der Waals surface area contributed by atoms with Gasteiger partial charge in [-0.05, 0) is 6.92 Å². The predicted octanol–water partition coefficient (Wildman–Crippen LogP) is 0.885. The fraction of sp³-hybridized carbons (Fsp3) is 0.364. The number of nitrogens with one attached hydrogen (secondary N) is 1. The number of thioether (sulfide) groups is 1. The minimum Gasteiger partial charge on any atom is -0.505 e. The average molecular weight is 302 g/mol. The number of halogens is 1. The Hall–Kier alpha value is -1.47. The van der Waals surface area contributed by atoms with Crippen LogP contribution in [0.5, 0.6) is 5.75 Å². The molecule has 8 heteroatoms. The second-order valence-electron chi connectivity index (χ2n) is 3.98. The number of carbonyl (C=O) groups is 1. The summed E-state index contributed by atoms with van der Waals surface area (Å²) in [7, 11) is 1.49. The lowest BCUT2D eigenvalue weighted by Crippen LogP contribution is -2.35. The quantitative estimate of drug-likeness (QED) is 0.807. The van der Waals surface area contributed by atoms with Crippen LogP contribution in [-0.2, 0) is 7.05 Å². The van der Waals surface area contributed by atoms with Crippen molar-refractivity contribution in [2.45, 2.75) is 6.92 Å². The van der Waals surface area contributed by atoms with Crippen LogP contribution < -0.4 is 10.9 Å². The maximum absolute atomic E-state index is 12.0. The van der Waals surface area contributed by atoms with E-state index >= 15 is 0 Å². The first-order valence-electron chi connectivity index (χ1n) is 5.50. The maximum Gasteiger partial charge on any atom is 0.267 e. The van der Waals surface area contributed by atoms with Gasteiger partial charge in [0.1, 0.15) is 10.6 Å². The molecule has 1 aliphatic heterocycles. The van der Waals surface area contributed by atoms with Gasteiger partial charge in [-0.1, -0.05) is 23.4 Å². The number of aromatic nitrogens is 1. The summed E-state index contributed by atoms with van der Waals surface area (Å²) in [6, 6.07) is 0. The Kier molecular flexibility index (Phi) is 3.86. The molecule has 1 aromatic rings. The number of hydrogen-bond acceptors (Lipinski definition) is 5. The van der Waals surface area contributed by atoms with Crippen molar-refractivity contribution in [3.8, 4) is 5.75 Å². The topological polar surface area (TPSA) is 83.7 Å². The van der Waals surface area contributed by atoms with Crippen molar-refractivity contribution in [3.05, 3.63) is 26.6 Å². The number of pyridine rings is 1. The van der Waals surface area contributed by atoms with Crippen molar-refractivity contribution >= 4 is 34.4 Å². The summed E-state index contributed by atoms with van der Waals surface area (Å²) in [6.07, 6.45) is 0. The van der Waals surface area contributed by atoms with Gasteiger partial charge >= 0.3 is 0 Å². The summed E-state index contributed by atoms with van der Waals surface area (Å²) in [5.41, 5.74) is -0.568. The van der Waals surface area contributed by atoms with E-state index in [9.17, 15) is 14.7 Å². The fourth-order valence-electron chi connectivity index (χ4n) is 1.62. The fourth-order valence-corrected chi connectivity index (χ4v) is 2.57. The number of aliphatic imine (C=N–C) groups is 1. The van der Waals surface area contributed by atoms with Gasteiger partial charge in [-0.25, -0.2) is 0 Å². The van der Waals surface area contributed by atoms with Crippen molar-refractivity contribution in [2.24, 2.45) is 12.0 Å². The van der Waals surface area contributed by atoms with Gasteiger partial charge in [0.2, 0.25) is 0 Å². The number of carbonyl (C=O) groups excluding carboxylic acids is 1. The van der Waals surface area contributed by atoms with E-state index in [4.69, 9.17) is 11.6 Å². The van der Waals surface area contributed by atoms with Crippen LogP contribution in [0.25, 0.3) is 0 Å². The largest absolute Gasteiger partial charge is 0.505 e. The molecular formula is C11H12ClN3O3S. The molecule has 2 rings (SSSR count). The van der Waals surface area contributed by atoms with Crippen molar-refractivity contribution in [3.63, 3.8) is 0 Å². The Balaban J connectivity index is 2.45. The molecule has 0 aromatic carbocycles. The van der Waals surface area contributed by atoms with E-state index in [1.165, 1.54) is 23.4 Å². The Morgan fingerprint density at radius 2 is 2.26 bits per heavy atom. The molecule has 6 nitrogen and oxygen atoms in total. The number of rotatable bonds is 1. The molecule has 0 radical (unpaired) electrons. The summed E-state index contributed by atoms with van der Waals surface area (Å²) < 4.78 is 1.22. The van der Waals surface area contributed by atoms with Crippen LogP contribution in [0.1, 0.15) is 16.1 Å². The molecule has 0 bridgehead atoms. The second-order valence-corrected chi connectivity index (χ2v) is 5.44. The van der Waals surface area contributed by atoms with Crippen molar-refractivity contribution < 1.29 is 9.90 Å². The number of hydrogen-bond donors (Lipinski definition) is 2. The number of amides is 1. The van der Waals surface area contributed by atoms with E-state index < -0.39 is 17.2 Å². The van der Waals surface area contributed by atoms with Crippen LogP contribution in [0.2, 0.25) is 5.02 Å². The standard InChI is InChI=1S/C11H12ClN3O3S/c1-5-7(12)8(16)6(10(18)15(5)2)9(17)14-11-13-3-4-19-11/h16H,3-4H2,1-2H3,(H,13,14,17). The van der Waals surface area contributed by atoms with E-state index in [1.54, 1.807) is 6.92 Å². The molecule has 1 amide bonds. The molecule has 19 heavy (non-hydrogen) atoms. The van der Waals surface area contributed by atoms with Gasteiger partial charge < -0.3 is 15.0 Å². The van der Waals surface area contributed by atoms with E-state index in [0.29, 0.717) is 17.4 Å². The molecule has 102 valence electrons. The van der Waals surface area contributed by atoms with Gasteiger partial charge in [0, 0.05) is 18.5 Å². The van der Waals surface area contributed by atoms with Crippen molar-refractivity contribution in [1.29, 1.82) is 0 Å². The number of nitrogens with zero attached hydrogens (tertiary/aromatic N) is 2. The van der Waals surface area contributed by atoms with Crippen LogP contribution in [-0.4, -0.2) is 33.0 Å². The molecule has 0 unspecified atom stereocenters. The van der Waals surface area contributed by atoms with E-state index in [-0.39, 0.29) is 10.6 Å². The molecule has 0 spiro atoms. The minimum atomic E-state index is -0.701. The van der Waals surface area contributed by atoms with Gasteiger partial charge in [-0.3, -0.25) is 14.6 Å². The van der Waals surface area contributed by atoms with Gasteiger partial charge in [0.05, 0.1) is 6.54 Å². The highest BCUT2D eigenvalue weighted by atomic mass is 35.5. The monoisotopic (exact) mass is 301 g/mol. The van der Waals surface area contributed by atoms with Crippen LogP contribution in [0, 0.1) is 6.92 Å². The first kappa shape index (κ1) is 14.0. The Morgan fingerprint density at radius 1 is 1.58 bits per heavy atom. The summed E-state index contributed by atoms with van der Waals surface area (Å²) in [5, 5.41) is 12.8. The maximum atomic E-state index is 12.0. The smallest absolute Gasteiger partial charge is 0.267 e. The zero-order chi connectivity index (χ0) is 14.2. The highest BCUT2D eigenvalue weighted by Gasteiger charge is 2.24.